The van der Waals surface area contributed by atoms with Gasteiger partial charge in [-0.05, 0) is 31.6 Å². The number of rotatable bonds is 0. The summed E-state index contributed by atoms with van der Waals surface area (Å²) in [6.45, 7) is 0. The van der Waals surface area contributed by atoms with E-state index in [0.717, 1.165) is 5.92 Å². The maximum Gasteiger partial charge on any atom is 0.129 e. The minimum absolute atomic E-state index is 1.01. The standard InChI is InChI=1S/C7H10.CH2N2/c1-2-7-4-3-6(1)5-7;1-2-3-1/h5-6H,1-4H2;1H,(H,2,3). The second-order valence-corrected chi connectivity index (χ2v) is 3.05. The average molecular weight is 136 g/mol. The Bertz CT molecular complexity index is 168. The summed E-state index contributed by atoms with van der Waals surface area (Å²) in [5.41, 5.74) is 4.24. The van der Waals surface area contributed by atoms with Crippen LogP contribution >= 0.6 is 0 Å². The van der Waals surface area contributed by atoms with Gasteiger partial charge < -0.3 is 0 Å². The number of fused-ring (bicyclic) bond motifs is 1. The van der Waals surface area contributed by atoms with Crippen molar-refractivity contribution in [2.24, 2.45) is 11.0 Å². The normalized spacial score (nSPS) is 25.0. The van der Waals surface area contributed by atoms with Crippen molar-refractivity contribution in [1.29, 1.82) is 0 Å². The fraction of sp³-hybridized carbons (Fsp3) is 0.625. The van der Waals surface area contributed by atoms with Crippen LogP contribution in [-0.4, -0.2) is 6.34 Å². The highest BCUT2D eigenvalue weighted by Crippen LogP contribution is 2.37. The minimum Gasteiger partial charge on any atom is -0.265 e. The van der Waals surface area contributed by atoms with E-state index in [9.17, 15) is 0 Å². The maximum atomic E-state index is 3.38. The highest BCUT2D eigenvalue weighted by molar-refractivity contribution is 5.64. The molecule has 3 rings (SSSR count). The second-order valence-electron chi connectivity index (χ2n) is 3.05. The quantitative estimate of drug-likeness (QED) is 0.505. The van der Waals surface area contributed by atoms with Crippen molar-refractivity contribution >= 4 is 6.34 Å². The molecular weight excluding hydrogens is 124 g/mol. The van der Waals surface area contributed by atoms with Crippen molar-refractivity contribution in [3.63, 3.8) is 0 Å². The van der Waals surface area contributed by atoms with Crippen LogP contribution in [0.15, 0.2) is 16.8 Å². The number of allylic oxidation sites excluding steroid dienone is 2. The zero-order valence-electron chi connectivity index (χ0n) is 6.01. The van der Waals surface area contributed by atoms with Gasteiger partial charge in [0, 0.05) is 0 Å². The predicted molar refractivity (Wildman–Crippen MR) is 41.7 cm³/mol. The molecule has 0 spiro atoms. The van der Waals surface area contributed by atoms with E-state index in [4.69, 9.17) is 0 Å². The molecule has 0 atom stereocenters. The van der Waals surface area contributed by atoms with Gasteiger partial charge in [0.15, 0.2) is 0 Å². The van der Waals surface area contributed by atoms with Crippen molar-refractivity contribution in [3.8, 4) is 0 Å². The average Bonchev–Trinajstić information content (AvgIpc) is 2.71. The Morgan fingerprint density at radius 3 is 2.10 bits per heavy atom. The minimum atomic E-state index is 1.01. The first-order valence-electron chi connectivity index (χ1n) is 3.92. The van der Waals surface area contributed by atoms with Gasteiger partial charge in [0.2, 0.25) is 0 Å². The molecule has 10 heavy (non-hydrogen) atoms. The topological polar surface area (TPSA) is 34.3 Å². The van der Waals surface area contributed by atoms with E-state index in [2.05, 4.69) is 16.6 Å². The van der Waals surface area contributed by atoms with Crippen molar-refractivity contribution in [2.75, 3.05) is 0 Å². The summed E-state index contributed by atoms with van der Waals surface area (Å²) in [4.78, 5) is 0. The molecule has 0 saturated heterocycles. The lowest BCUT2D eigenvalue weighted by Gasteiger charge is -2.05. The van der Waals surface area contributed by atoms with E-state index in [1.807, 2.05) is 0 Å². The lowest BCUT2D eigenvalue weighted by molar-refractivity contribution is 0.551. The molecule has 0 fully saturated rings. The van der Waals surface area contributed by atoms with E-state index in [1.165, 1.54) is 25.7 Å². The highest BCUT2D eigenvalue weighted by Gasteiger charge is 2.21. The lowest BCUT2D eigenvalue weighted by Crippen LogP contribution is -1.91. The van der Waals surface area contributed by atoms with Gasteiger partial charge in [-0.25, -0.2) is 0 Å². The number of hydrogen-bond donors (Lipinski definition) is 1. The Labute approximate surface area is 61.0 Å². The van der Waals surface area contributed by atoms with Gasteiger partial charge in [-0.3, -0.25) is 5.43 Å². The third kappa shape index (κ3) is 1.38. The van der Waals surface area contributed by atoms with Crippen LogP contribution < -0.4 is 5.43 Å². The second kappa shape index (κ2) is 2.45. The molecule has 0 unspecified atom stereocenters. The molecule has 1 heterocycles. The third-order valence-corrected chi connectivity index (χ3v) is 2.27. The molecule has 3 aliphatic rings. The van der Waals surface area contributed by atoms with Crippen LogP contribution in [0.3, 0.4) is 0 Å². The fourth-order valence-corrected chi connectivity index (χ4v) is 1.68. The molecule has 54 valence electrons. The van der Waals surface area contributed by atoms with Gasteiger partial charge in [0.05, 0.1) is 0 Å². The number of hydrazone groups is 1. The summed E-state index contributed by atoms with van der Waals surface area (Å²) >= 11 is 0. The van der Waals surface area contributed by atoms with Gasteiger partial charge in [-0.1, -0.05) is 11.6 Å². The van der Waals surface area contributed by atoms with Crippen LogP contribution in [0.5, 0.6) is 0 Å². The fourth-order valence-electron chi connectivity index (χ4n) is 1.68. The Balaban J connectivity index is 0.000000113. The van der Waals surface area contributed by atoms with Crippen molar-refractivity contribution in [3.05, 3.63) is 11.6 Å². The van der Waals surface area contributed by atoms with E-state index < -0.39 is 0 Å². The molecule has 2 bridgehead atoms. The Morgan fingerprint density at radius 2 is 2.00 bits per heavy atom. The van der Waals surface area contributed by atoms with Gasteiger partial charge in [-0.2, -0.15) is 5.10 Å². The molecule has 0 aromatic rings. The summed E-state index contributed by atoms with van der Waals surface area (Å²) in [5, 5.41) is 3.38. The van der Waals surface area contributed by atoms with E-state index in [0.29, 0.717) is 0 Å². The van der Waals surface area contributed by atoms with Gasteiger partial charge in [0.25, 0.3) is 0 Å². The van der Waals surface area contributed by atoms with Crippen LogP contribution in [0.4, 0.5) is 0 Å². The molecule has 2 aliphatic carbocycles. The highest BCUT2D eigenvalue weighted by atomic mass is 15.4. The maximum absolute atomic E-state index is 3.38. The summed E-state index contributed by atoms with van der Waals surface area (Å²) in [6.07, 6.45) is 9.88. The molecule has 1 N–H and O–H groups in total. The van der Waals surface area contributed by atoms with Crippen LogP contribution in [0.25, 0.3) is 0 Å². The summed E-state index contributed by atoms with van der Waals surface area (Å²) in [5.74, 6) is 1.01. The smallest absolute Gasteiger partial charge is 0.129 e. The van der Waals surface area contributed by atoms with Crippen LogP contribution in [0.1, 0.15) is 25.7 Å². The molecule has 0 aromatic heterocycles. The van der Waals surface area contributed by atoms with E-state index in [-0.39, 0.29) is 0 Å². The molecule has 2 nitrogen and oxygen atoms in total. The Morgan fingerprint density at radius 1 is 1.40 bits per heavy atom. The lowest BCUT2D eigenvalue weighted by atomic mass is 10.00. The summed E-state index contributed by atoms with van der Waals surface area (Å²) in [6, 6.07) is 0. The van der Waals surface area contributed by atoms with Crippen LogP contribution in [-0.2, 0) is 0 Å². The molecule has 2 heteroatoms. The zero-order valence-corrected chi connectivity index (χ0v) is 6.01. The van der Waals surface area contributed by atoms with Crippen molar-refractivity contribution < 1.29 is 0 Å². The van der Waals surface area contributed by atoms with Crippen LogP contribution in [0, 0.1) is 5.92 Å². The number of nitrogens with one attached hydrogen (secondary N) is 1. The van der Waals surface area contributed by atoms with Crippen molar-refractivity contribution in [1.82, 2.24) is 5.43 Å². The first-order chi connectivity index (χ1) is 4.95. The van der Waals surface area contributed by atoms with Gasteiger partial charge in [-0.15, -0.1) is 0 Å². The van der Waals surface area contributed by atoms with Gasteiger partial charge >= 0.3 is 0 Å². The monoisotopic (exact) mass is 136 g/mol. The molecule has 0 saturated carbocycles. The van der Waals surface area contributed by atoms with Crippen LogP contribution in [0.2, 0.25) is 0 Å². The molecule has 0 aromatic carbocycles. The van der Waals surface area contributed by atoms with E-state index >= 15 is 0 Å². The third-order valence-electron chi connectivity index (χ3n) is 2.27. The molecule has 0 radical (unpaired) electrons. The predicted octanol–water partition coefficient (Wildman–Crippen LogP) is 1.65. The summed E-state index contributed by atoms with van der Waals surface area (Å²) < 4.78 is 0. The zero-order chi connectivity index (χ0) is 6.81. The number of nitrogens with zero attached hydrogens (tertiary/aromatic N) is 1. The van der Waals surface area contributed by atoms with E-state index in [1.54, 1.807) is 11.9 Å². The first kappa shape index (κ1) is 5.96. The number of hydrogen-bond acceptors (Lipinski definition) is 2. The molecule has 1 aliphatic heterocycles. The Hall–Kier alpha value is -0.790. The molecule has 0 amide bonds. The Kier molecular flexibility index (Phi) is 1.46. The van der Waals surface area contributed by atoms with Crippen molar-refractivity contribution in [2.45, 2.75) is 25.7 Å². The SMILES string of the molecule is C1=C2CCC1CC2.C1=NN1. The first-order valence-corrected chi connectivity index (χ1v) is 3.92. The summed E-state index contributed by atoms with van der Waals surface area (Å²) in [7, 11) is 0. The molecular formula is C8H12N2. The largest absolute Gasteiger partial charge is 0.265 e. The van der Waals surface area contributed by atoms with Gasteiger partial charge in [0.1, 0.15) is 6.34 Å².